The molecule has 1 aliphatic rings. The molecule has 25 heavy (non-hydrogen) atoms. The molecule has 0 amide bonds. The highest BCUT2D eigenvalue weighted by molar-refractivity contribution is 5.53. The highest BCUT2D eigenvalue weighted by Gasteiger charge is 2.30. The summed E-state index contributed by atoms with van der Waals surface area (Å²) in [4.78, 5) is 0. The van der Waals surface area contributed by atoms with E-state index in [4.69, 9.17) is 9.47 Å². The van der Waals surface area contributed by atoms with E-state index in [0.29, 0.717) is 0 Å². The van der Waals surface area contributed by atoms with Gasteiger partial charge in [-0.1, -0.05) is 45.1 Å². The Balaban J connectivity index is 2.52. The van der Waals surface area contributed by atoms with Gasteiger partial charge in [0.15, 0.2) is 0 Å². The molecule has 1 aromatic carbocycles. The van der Waals surface area contributed by atoms with Crippen LogP contribution in [0.25, 0.3) is 0 Å². The van der Waals surface area contributed by atoms with E-state index in [-0.39, 0.29) is 17.3 Å². The first-order valence-electron chi connectivity index (χ1n) is 8.67. The molecular weight excluding hydrogens is 312 g/mol. The first kappa shape index (κ1) is 19.2. The molecule has 0 spiro atoms. The maximum absolute atomic E-state index is 10.0. The van der Waals surface area contributed by atoms with Gasteiger partial charge in [-0.05, 0) is 48.6 Å². The van der Waals surface area contributed by atoms with E-state index in [9.17, 15) is 5.11 Å². The fraction of sp³-hybridized carbons (Fsp3) is 0.455. The molecule has 1 N–H and O–H groups in total. The van der Waals surface area contributed by atoms with Crippen molar-refractivity contribution in [2.24, 2.45) is 5.92 Å². The molecule has 3 heteroatoms. The zero-order valence-corrected chi connectivity index (χ0v) is 16.7. The number of rotatable bonds is 4. The molecule has 1 unspecified atom stereocenters. The van der Waals surface area contributed by atoms with Gasteiger partial charge >= 0.3 is 0 Å². The third-order valence-electron chi connectivity index (χ3n) is 5.21. The Kier molecular flexibility index (Phi) is 5.36. The molecule has 0 radical (unpaired) electrons. The van der Waals surface area contributed by atoms with Crippen LogP contribution < -0.4 is 4.74 Å². The van der Waals surface area contributed by atoms with Crippen LogP contribution in [0.1, 0.15) is 44.4 Å². The number of allylic oxidation sites excluding steroid dienone is 5. The first-order valence-corrected chi connectivity index (χ1v) is 8.67. The second-order valence-electron chi connectivity index (χ2n) is 7.43. The van der Waals surface area contributed by atoms with E-state index in [1.165, 1.54) is 18.2 Å². The van der Waals surface area contributed by atoms with Crippen LogP contribution in [0.3, 0.4) is 0 Å². The number of benzene rings is 1. The lowest BCUT2D eigenvalue weighted by atomic mass is 9.72. The number of hydrogen-bond donors (Lipinski definition) is 1. The maximum Gasteiger partial charge on any atom is 0.280 e. The van der Waals surface area contributed by atoms with Gasteiger partial charge in [0.25, 0.3) is 5.95 Å². The third-order valence-corrected chi connectivity index (χ3v) is 5.21. The average Bonchev–Trinajstić information content (AvgIpc) is 2.53. The van der Waals surface area contributed by atoms with Gasteiger partial charge in [-0.2, -0.15) is 0 Å². The number of ether oxygens (including phenoxy) is 2. The fourth-order valence-corrected chi connectivity index (χ4v) is 3.73. The van der Waals surface area contributed by atoms with Crippen molar-refractivity contribution >= 4 is 0 Å². The van der Waals surface area contributed by atoms with Crippen molar-refractivity contribution < 1.29 is 14.6 Å². The minimum absolute atomic E-state index is 0.00509. The zero-order chi connectivity index (χ0) is 18.9. The average molecular weight is 342 g/mol. The molecule has 0 aliphatic heterocycles. The van der Waals surface area contributed by atoms with Crippen molar-refractivity contribution in [3.63, 3.8) is 0 Å². The van der Waals surface area contributed by atoms with Gasteiger partial charge in [-0.15, -0.1) is 0 Å². The standard InChI is InChI=1S/C22H30O3/c1-13-9-17(10-14(2)19(13)21(23)25-8)22(5,6)18-11-15(3)20(24-7)16(4)12-18/h9-13,23H,1-8H3. The molecular formula is C22H30O3. The molecule has 0 saturated carbocycles. The van der Waals surface area contributed by atoms with E-state index in [2.05, 4.69) is 58.9 Å². The molecule has 0 saturated heterocycles. The molecule has 1 aromatic rings. The van der Waals surface area contributed by atoms with Gasteiger partial charge in [-0.3, -0.25) is 0 Å². The summed E-state index contributed by atoms with van der Waals surface area (Å²) in [5.74, 6) is 1.05. The monoisotopic (exact) mass is 342 g/mol. The van der Waals surface area contributed by atoms with E-state index in [0.717, 1.165) is 28.0 Å². The van der Waals surface area contributed by atoms with Crippen LogP contribution in [0.4, 0.5) is 0 Å². The number of aliphatic hydroxyl groups excluding tert-OH is 1. The SMILES string of the molecule is COC(O)=C1C(C)=CC(C(C)(C)c2cc(C)c(OC)c(C)c2)=CC1C. The fourth-order valence-electron chi connectivity index (χ4n) is 3.73. The van der Waals surface area contributed by atoms with E-state index >= 15 is 0 Å². The van der Waals surface area contributed by atoms with Gasteiger partial charge in [-0.25, -0.2) is 0 Å². The molecule has 136 valence electrons. The van der Waals surface area contributed by atoms with Crippen molar-refractivity contribution in [3.05, 3.63) is 63.6 Å². The Labute approximate surface area is 151 Å². The van der Waals surface area contributed by atoms with E-state index < -0.39 is 0 Å². The third kappa shape index (κ3) is 3.46. The molecule has 0 heterocycles. The van der Waals surface area contributed by atoms with Crippen molar-refractivity contribution in [2.75, 3.05) is 14.2 Å². The zero-order valence-electron chi connectivity index (χ0n) is 16.7. The quantitative estimate of drug-likeness (QED) is 0.731. The minimum Gasteiger partial charge on any atom is -0.496 e. The Morgan fingerprint density at radius 1 is 1.08 bits per heavy atom. The summed E-state index contributed by atoms with van der Waals surface area (Å²) in [6.45, 7) is 12.8. The normalized spacial score (nSPS) is 19.9. The summed E-state index contributed by atoms with van der Waals surface area (Å²) >= 11 is 0. The maximum atomic E-state index is 10.0. The van der Waals surface area contributed by atoms with Crippen molar-refractivity contribution in [2.45, 2.75) is 47.0 Å². The van der Waals surface area contributed by atoms with Gasteiger partial charge in [0.05, 0.1) is 14.2 Å². The highest BCUT2D eigenvalue weighted by Crippen LogP contribution is 2.41. The number of aliphatic hydroxyl groups is 1. The van der Waals surface area contributed by atoms with Crippen molar-refractivity contribution in [3.8, 4) is 5.75 Å². The summed E-state index contributed by atoms with van der Waals surface area (Å²) < 4.78 is 10.5. The lowest BCUT2D eigenvalue weighted by Gasteiger charge is -2.33. The summed E-state index contributed by atoms with van der Waals surface area (Å²) in [5.41, 5.74) is 6.54. The largest absolute Gasteiger partial charge is 0.496 e. The second kappa shape index (κ2) is 6.99. The first-order chi connectivity index (χ1) is 11.6. The predicted octanol–water partition coefficient (Wildman–Crippen LogP) is 5.53. The number of methoxy groups -OCH3 is 2. The molecule has 2 rings (SSSR count). The van der Waals surface area contributed by atoms with Crippen LogP contribution in [0.15, 0.2) is 46.9 Å². The summed E-state index contributed by atoms with van der Waals surface area (Å²) in [5, 5.41) is 10.0. The van der Waals surface area contributed by atoms with Gasteiger partial charge in [0.2, 0.25) is 0 Å². The van der Waals surface area contributed by atoms with Crippen LogP contribution in [0, 0.1) is 19.8 Å². The highest BCUT2D eigenvalue weighted by atomic mass is 16.6. The lowest BCUT2D eigenvalue weighted by molar-refractivity contribution is 0.129. The van der Waals surface area contributed by atoms with E-state index in [1.54, 1.807) is 7.11 Å². The van der Waals surface area contributed by atoms with Gasteiger partial charge in [0.1, 0.15) is 5.75 Å². The summed E-state index contributed by atoms with van der Waals surface area (Å²) in [6.07, 6.45) is 4.37. The molecule has 0 aromatic heterocycles. The summed E-state index contributed by atoms with van der Waals surface area (Å²) in [7, 11) is 3.21. The molecule has 3 nitrogen and oxygen atoms in total. The Morgan fingerprint density at radius 3 is 2.08 bits per heavy atom. The molecule has 0 fully saturated rings. The van der Waals surface area contributed by atoms with Crippen molar-refractivity contribution in [1.29, 1.82) is 0 Å². The van der Waals surface area contributed by atoms with Crippen molar-refractivity contribution in [1.82, 2.24) is 0 Å². The Hall–Kier alpha value is -2.16. The Bertz CT molecular complexity index is 740. The van der Waals surface area contributed by atoms with Crippen LogP contribution in [0.2, 0.25) is 0 Å². The number of aryl methyl sites for hydroxylation is 2. The molecule has 1 atom stereocenters. The van der Waals surface area contributed by atoms with Crippen LogP contribution in [-0.2, 0) is 10.2 Å². The van der Waals surface area contributed by atoms with Gasteiger partial charge < -0.3 is 14.6 Å². The van der Waals surface area contributed by atoms with Crippen LogP contribution in [0.5, 0.6) is 5.75 Å². The van der Waals surface area contributed by atoms with E-state index in [1.807, 2.05) is 6.92 Å². The summed E-state index contributed by atoms with van der Waals surface area (Å²) in [6, 6.07) is 4.41. The second-order valence-corrected chi connectivity index (χ2v) is 7.43. The van der Waals surface area contributed by atoms with Crippen LogP contribution >= 0.6 is 0 Å². The lowest BCUT2D eigenvalue weighted by Crippen LogP contribution is -2.23. The molecule has 0 bridgehead atoms. The predicted molar refractivity (Wildman–Crippen MR) is 103 cm³/mol. The topological polar surface area (TPSA) is 38.7 Å². The van der Waals surface area contributed by atoms with Crippen LogP contribution in [-0.4, -0.2) is 19.3 Å². The minimum atomic E-state index is -0.147. The Morgan fingerprint density at radius 2 is 1.64 bits per heavy atom. The smallest absolute Gasteiger partial charge is 0.280 e. The number of hydrogen-bond acceptors (Lipinski definition) is 3. The molecule has 1 aliphatic carbocycles. The van der Waals surface area contributed by atoms with Gasteiger partial charge in [0, 0.05) is 16.9 Å².